The molecule has 0 fully saturated rings. The predicted octanol–water partition coefficient (Wildman–Crippen LogP) is 3.68. The lowest BCUT2D eigenvalue weighted by Gasteiger charge is -2.31. The van der Waals surface area contributed by atoms with Gasteiger partial charge in [-0.1, -0.05) is 43.1 Å². The first kappa shape index (κ1) is 27.9. The molecule has 0 aliphatic carbocycles. The molecule has 0 aromatic heterocycles. The molecule has 1 heterocycles. The minimum absolute atomic E-state index is 0.0186. The molecule has 0 radical (unpaired) electrons. The number of ether oxygens (including phenoxy) is 2. The van der Waals surface area contributed by atoms with Gasteiger partial charge in [0.1, 0.15) is 12.6 Å². The van der Waals surface area contributed by atoms with E-state index in [9.17, 15) is 18.0 Å². The number of hydrogen-bond acceptors (Lipinski definition) is 6. The highest BCUT2D eigenvalue weighted by Crippen LogP contribution is 2.36. The molecule has 1 aliphatic rings. The summed E-state index contributed by atoms with van der Waals surface area (Å²) in [5.74, 6) is 0.146. The summed E-state index contributed by atoms with van der Waals surface area (Å²) in [7, 11) is -3.87. The van der Waals surface area contributed by atoms with Crippen molar-refractivity contribution in [3.8, 4) is 11.5 Å². The van der Waals surface area contributed by atoms with Crippen molar-refractivity contribution in [1.29, 1.82) is 0 Å². The van der Waals surface area contributed by atoms with Crippen LogP contribution in [-0.2, 0) is 26.2 Å². The fraction of sp³-hybridized carbons (Fsp3) is 0.417. The van der Waals surface area contributed by atoms with Gasteiger partial charge in [-0.15, -0.1) is 0 Å². The molecule has 1 aliphatic heterocycles. The summed E-state index contributed by atoms with van der Waals surface area (Å²) < 4.78 is 37.0. The van der Waals surface area contributed by atoms with Crippen LogP contribution in [0.2, 0.25) is 10.0 Å². The van der Waals surface area contributed by atoms with Gasteiger partial charge in [-0.25, -0.2) is 8.42 Å². The molecule has 0 saturated carbocycles. The third-order valence-electron chi connectivity index (χ3n) is 5.51. The number of carbonyl (C=O) groups is 2. The van der Waals surface area contributed by atoms with E-state index in [1.165, 1.54) is 17.0 Å². The average Bonchev–Trinajstić information content (AvgIpc) is 3.28. The molecule has 2 aromatic carbocycles. The number of nitrogens with zero attached hydrogens (tertiary/aromatic N) is 2. The first-order valence-corrected chi connectivity index (χ1v) is 13.9. The molecule has 0 bridgehead atoms. The van der Waals surface area contributed by atoms with Gasteiger partial charge in [0.05, 0.1) is 22.0 Å². The predicted molar refractivity (Wildman–Crippen MR) is 139 cm³/mol. The zero-order valence-corrected chi connectivity index (χ0v) is 22.8. The summed E-state index contributed by atoms with van der Waals surface area (Å²) in [6.45, 7) is 5.46. The van der Waals surface area contributed by atoms with Gasteiger partial charge in [-0.05, 0) is 42.7 Å². The van der Waals surface area contributed by atoms with Crippen molar-refractivity contribution in [2.24, 2.45) is 5.92 Å². The fourth-order valence-electron chi connectivity index (χ4n) is 3.52. The van der Waals surface area contributed by atoms with Crippen molar-refractivity contribution >= 4 is 50.7 Å². The fourth-order valence-corrected chi connectivity index (χ4v) is 4.69. The molecule has 2 amide bonds. The van der Waals surface area contributed by atoms with Gasteiger partial charge in [0.2, 0.25) is 28.6 Å². The monoisotopic (exact) mass is 557 g/mol. The molecule has 3 rings (SSSR count). The van der Waals surface area contributed by atoms with Crippen molar-refractivity contribution in [2.45, 2.75) is 33.4 Å². The molecule has 196 valence electrons. The lowest BCUT2D eigenvalue weighted by Crippen LogP contribution is -2.51. The molecule has 1 N–H and O–H groups in total. The number of benzene rings is 2. The number of fused-ring (bicyclic) bond motifs is 1. The maximum absolute atomic E-state index is 13.6. The van der Waals surface area contributed by atoms with Crippen molar-refractivity contribution in [2.75, 3.05) is 30.4 Å². The number of hydrogen-bond donors (Lipinski definition) is 1. The second kappa shape index (κ2) is 11.6. The highest BCUT2D eigenvalue weighted by Gasteiger charge is 2.31. The molecule has 0 unspecified atom stereocenters. The van der Waals surface area contributed by atoms with Crippen LogP contribution in [0.1, 0.15) is 26.3 Å². The van der Waals surface area contributed by atoms with Crippen LogP contribution in [0.3, 0.4) is 0 Å². The molecule has 0 spiro atoms. The maximum Gasteiger partial charge on any atom is 0.244 e. The Morgan fingerprint density at radius 3 is 2.36 bits per heavy atom. The third kappa shape index (κ3) is 6.96. The Morgan fingerprint density at radius 2 is 1.72 bits per heavy atom. The van der Waals surface area contributed by atoms with Gasteiger partial charge in [0.15, 0.2) is 11.5 Å². The summed E-state index contributed by atoms with van der Waals surface area (Å²) in [6.07, 6.45) is 1.01. The molecule has 2 aromatic rings. The second-order valence-corrected chi connectivity index (χ2v) is 11.6. The van der Waals surface area contributed by atoms with E-state index in [2.05, 4.69) is 5.32 Å². The molecule has 36 heavy (non-hydrogen) atoms. The topological polar surface area (TPSA) is 105 Å². The van der Waals surface area contributed by atoms with Crippen LogP contribution in [0.4, 0.5) is 5.69 Å². The maximum atomic E-state index is 13.6. The first-order valence-electron chi connectivity index (χ1n) is 11.2. The molecule has 1 atom stereocenters. The Labute approximate surface area is 221 Å². The van der Waals surface area contributed by atoms with E-state index in [0.29, 0.717) is 33.7 Å². The Hall–Kier alpha value is -2.69. The normalized spacial score (nSPS) is 13.4. The van der Waals surface area contributed by atoms with Crippen LogP contribution in [0.25, 0.3) is 0 Å². The van der Waals surface area contributed by atoms with Crippen LogP contribution >= 0.6 is 23.2 Å². The minimum atomic E-state index is -3.87. The number of carbonyl (C=O) groups excluding carboxylic acids is 2. The average molecular weight is 558 g/mol. The Morgan fingerprint density at radius 1 is 1.03 bits per heavy atom. The summed E-state index contributed by atoms with van der Waals surface area (Å²) in [5.41, 5.74) is 0.872. The number of sulfonamides is 1. The van der Waals surface area contributed by atoms with E-state index in [4.69, 9.17) is 32.7 Å². The third-order valence-corrected chi connectivity index (χ3v) is 7.39. The van der Waals surface area contributed by atoms with Gasteiger partial charge in [0.25, 0.3) is 0 Å². The van der Waals surface area contributed by atoms with E-state index in [-0.39, 0.29) is 30.9 Å². The highest BCUT2D eigenvalue weighted by molar-refractivity contribution is 7.92. The van der Waals surface area contributed by atoms with Crippen LogP contribution in [0, 0.1) is 5.92 Å². The van der Waals surface area contributed by atoms with Gasteiger partial charge < -0.3 is 19.7 Å². The molecular formula is C24H29Cl2N3O6S. The SMILES string of the molecule is CC(C)CNC(=O)[C@H](C)N(Cc1ccc(Cl)c(Cl)c1)C(=O)CN(c1ccc2c(c1)OCO2)S(C)(=O)=O. The number of anilines is 1. The number of nitrogens with one attached hydrogen (secondary N) is 1. The van der Waals surface area contributed by atoms with E-state index >= 15 is 0 Å². The Bertz CT molecular complexity index is 1240. The summed E-state index contributed by atoms with van der Waals surface area (Å²) >= 11 is 12.2. The second-order valence-electron chi connectivity index (χ2n) is 8.89. The van der Waals surface area contributed by atoms with Crippen molar-refractivity contribution in [3.05, 3.63) is 52.0 Å². The molecular weight excluding hydrogens is 529 g/mol. The van der Waals surface area contributed by atoms with Gasteiger partial charge in [0, 0.05) is 19.2 Å². The van der Waals surface area contributed by atoms with Crippen LogP contribution < -0.4 is 19.1 Å². The van der Waals surface area contributed by atoms with Crippen molar-refractivity contribution < 1.29 is 27.5 Å². The highest BCUT2D eigenvalue weighted by atomic mass is 35.5. The van der Waals surface area contributed by atoms with E-state index in [1.807, 2.05) is 13.8 Å². The summed E-state index contributed by atoms with van der Waals surface area (Å²) in [4.78, 5) is 27.8. The number of rotatable bonds is 10. The van der Waals surface area contributed by atoms with Crippen molar-refractivity contribution in [3.63, 3.8) is 0 Å². The van der Waals surface area contributed by atoms with Crippen LogP contribution in [0.15, 0.2) is 36.4 Å². The molecule has 9 nitrogen and oxygen atoms in total. The van der Waals surface area contributed by atoms with Gasteiger partial charge in [-0.2, -0.15) is 0 Å². The van der Waals surface area contributed by atoms with Gasteiger partial charge >= 0.3 is 0 Å². The zero-order valence-electron chi connectivity index (χ0n) is 20.5. The van der Waals surface area contributed by atoms with Crippen LogP contribution in [0.5, 0.6) is 11.5 Å². The van der Waals surface area contributed by atoms with Gasteiger partial charge in [-0.3, -0.25) is 13.9 Å². The molecule has 0 saturated heterocycles. The smallest absolute Gasteiger partial charge is 0.244 e. The summed E-state index contributed by atoms with van der Waals surface area (Å²) in [6, 6.07) is 8.62. The lowest BCUT2D eigenvalue weighted by molar-refractivity contribution is -0.139. The first-order chi connectivity index (χ1) is 16.9. The standard InChI is InChI=1S/C24H29Cl2N3O6S/c1-15(2)11-27-24(31)16(3)28(12-17-5-7-19(25)20(26)9-17)23(30)13-29(36(4,32)33)18-6-8-21-22(10-18)35-14-34-21/h5-10,15-16H,11-14H2,1-4H3,(H,27,31)/t16-/m0/s1. The van der Waals surface area contributed by atoms with E-state index < -0.39 is 28.5 Å². The molecule has 12 heteroatoms. The summed E-state index contributed by atoms with van der Waals surface area (Å²) in [5, 5.41) is 3.48. The van der Waals surface area contributed by atoms with Crippen LogP contribution in [-0.4, -0.2) is 57.3 Å². The minimum Gasteiger partial charge on any atom is -0.454 e. The number of halogens is 2. The lowest BCUT2D eigenvalue weighted by atomic mass is 10.1. The van der Waals surface area contributed by atoms with E-state index in [1.54, 1.807) is 31.2 Å². The van der Waals surface area contributed by atoms with Crippen molar-refractivity contribution in [1.82, 2.24) is 10.2 Å². The quantitative estimate of drug-likeness (QED) is 0.477. The Balaban J connectivity index is 1.91. The largest absolute Gasteiger partial charge is 0.454 e. The zero-order chi connectivity index (χ0) is 26.6. The Kier molecular flexibility index (Phi) is 8.97. The number of amides is 2. The van der Waals surface area contributed by atoms with E-state index in [0.717, 1.165) is 10.6 Å².